The van der Waals surface area contributed by atoms with Crippen molar-refractivity contribution in [2.75, 3.05) is 0 Å². The Morgan fingerprint density at radius 1 is 1.06 bits per heavy atom. The maximum absolute atomic E-state index is 11.9. The lowest BCUT2D eigenvalue weighted by molar-refractivity contribution is -0.142. The molecule has 0 aromatic carbocycles. The fourth-order valence-electron chi connectivity index (χ4n) is 2.82. The molecule has 2 saturated carbocycles. The van der Waals surface area contributed by atoms with Crippen LogP contribution in [-0.2, 0) is 9.59 Å². The van der Waals surface area contributed by atoms with Crippen LogP contribution in [0.5, 0.6) is 0 Å². The third-order valence-electron chi connectivity index (χ3n) is 4.10. The summed E-state index contributed by atoms with van der Waals surface area (Å²) in [4.78, 5) is 22.9. The summed E-state index contributed by atoms with van der Waals surface area (Å²) in [7, 11) is 0. The second-order valence-corrected chi connectivity index (χ2v) is 5.85. The molecule has 2 aliphatic carbocycles. The zero-order valence-electron chi connectivity index (χ0n) is 10.9. The van der Waals surface area contributed by atoms with Gasteiger partial charge in [-0.1, -0.05) is 32.1 Å². The van der Waals surface area contributed by atoms with Gasteiger partial charge in [0.1, 0.15) is 6.04 Å². The van der Waals surface area contributed by atoms with Crippen molar-refractivity contribution in [2.24, 2.45) is 11.8 Å². The van der Waals surface area contributed by atoms with E-state index in [4.69, 9.17) is 5.11 Å². The zero-order chi connectivity index (χ0) is 13.0. The molecule has 0 spiro atoms. The Morgan fingerprint density at radius 2 is 1.72 bits per heavy atom. The maximum Gasteiger partial charge on any atom is 0.326 e. The molecule has 1 unspecified atom stereocenters. The number of hydrogen-bond acceptors (Lipinski definition) is 2. The lowest BCUT2D eigenvalue weighted by atomic mass is 9.87. The molecule has 0 bridgehead atoms. The quantitative estimate of drug-likeness (QED) is 0.763. The summed E-state index contributed by atoms with van der Waals surface area (Å²) < 4.78 is 0. The Hall–Kier alpha value is -1.06. The van der Waals surface area contributed by atoms with Crippen molar-refractivity contribution in [3.05, 3.63) is 0 Å². The summed E-state index contributed by atoms with van der Waals surface area (Å²) in [5, 5.41) is 11.8. The van der Waals surface area contributed by atoms with Crippen LogP contribution in [0.1, 0.15) is 57.8 Å². The van der Waals surface area contributed by atoms with E-state index in [0.29, 0.717) is 24.7 Å². The monoisotopic (exact) mass is 253 g/mol. The normalized spacial score (nSPS) is 22.4. The minimum Gasteiger partial charge on any atom is -0.480 e. The van der Waals surface area contributed by atoms with Crippen molar-refractivity contribution < 1.29 is 14.7 Å². The van der Waals surface area contributed by atoms with E-state index >= 15 is 0 Å². The molecular weight excluding hydrogens is 230 g/mol. The molecule has 2 N–H and O–H groups in total. The van der Waals surface area contributed by atoms with Crippen molar-refractivity contribution in [1.82, 2.24) is 5.32 Å². The van der Waals surface area contributed by atoms with Crippen LogP contribution in [0.2, 0.25) is 0 Å². The highest BCUT2D eigenvalue weighted by molar-refractivity contribution is 5.83. The molecule has 102 valence electrons. The molecule has 1 amide bonds. The molecule has 4 heteroatoms. The predicted molar refractivity (Wildman–Crippen MR) is 68.1 cm³/mol. The van der Waals surface area contributed by atoms with Gasteiger partial charge in [0.25, 0.3) is 0 Å². The Morgan fingerprint density at radius 3 is 2.28 bits per heavy atom. The van der Waals surface area contributed by atoms with Crippen molar-refractivity contribution in [3.63, 3.8) is 0 Å². The molecule has 0 radical (unpaired) electrons. The predicted octanol–water partition coefficient (Wildman–Crippen LogP) is 2.33. The number of carboxylic acids is 1. The molecule has 0 heterocycles. The van der Waals surface area contributed by atoms with Crippen LogP contribution >= 0.6 is 0 Å². The van der Waals surface area contributed by atoms with Crippen LogP contribution in [0.3, 0.4) is 0 Å². The number of rotatable bonds is 6. The average molecular weight is 253 g/mol. The summed E-state index contributed by atoms with van der Waals surface area (Å²) in [5.74, 6) is 0.0176. The first-order valence-electron chi connectivity index (χ1n) is 7.17. The van der Waals surface area contributed by atoms with Gasteiger partial charge in [-0.2, -0.15) is 0 Å². The molecule has 18 heavy (non-hydrogen) atoms. The first kappa shape index (κ1) is 13.4. The summed E-state index contributed by atoms with van der Waals surface area (Å²) in [5.41, 5.74) is 0. The van der Waals surface area contributed by atoms with Crippen molar-refractivity contribution in [2.45, 2.75) is 63.8 Å². The van der Waals surface area contributed by atoms with Crippen molar-refractivity contribution >= 4 is 11.9 Å². The third kappa shape index (κ3) is 4.31. The Kier molecular flexibility index (Phi) is 4.61. The van der Waals surface area contributed by atoms with Crippen LogP contribution < -0.4 is 5.32 Å². The number of carboxylic acid groups (broad SMARTS) is 1. The van der Waals surface area contributed by atoms with Gasteiger partial charge >= 0.3 is 5.97 Å². The Labute approximate surface area is 108 Å². The second kappa shape index (κ2) is 6.21. The minimum atomic E-state index is -0.890. The maximum atomic E-state index is 11.9. The third-order valence-corrected chi connectivity index (χ3v) is 4.10. The zero-order valence-corrected chi connectivity index (χ0v) is 10.9. The molecule has 0 aliphatic heterocycles. The van der Waals surface area contributed by atoms with Gasteiger partial charge in [-0.3, -0.25) is 4.79 Å². The molecule has 2 rings (SSSR count). The largest absolute Gasteiger partial charge is 0.480 e. The first-order chi connectivity index (χ1) is 8.65. The van der Waals surface area contributed by atoms with E-state index in [2.05, 4.69) is 5.32 Å². The highest BCUT2D eigenvalue weighted by Crippen LogP contribution is 2.33. The topological polar surface area (TPSA) is 66.4 Å². The Balaban J connectivity index is 1.74. The molecule has 1 atom stereocenters. The van der Waals surface area contributed by atoms with Crippen LogP contribution in [0, 0.1) is 11.8 Å². The second-order valence-electron chi connectivity index (χ2n) is 5.85. The van der Waals surface area contributed by atoms with E-state index in [1.54, 1.807) is 0 Å². The van der Waals surface area contributed by atoms with Crippen LogP contribution in [0.15, 0.2) is 0 Å². The molecule has 0 saturated heterocycles. The fourth-order valence-corrected chi connectivity index (χ4v) is 2.82. The van der Waals surface area contributed by atoms with Gasteiger partial charge in [0.15, 0.2) is 0 Å². The van der Waals surface area contributed by atoms with Crippen LogP contribution in [-0.4, -0.2) is 23.0 Å². The lowest BCUT2D eigenvalue weighted by Crippen LogP contribution is -2.41. The summed E-state index contributed by atoms with van der Waals surface area (Å²) in [6.07, 6.45) is 9.27. The molecule has 2 aliphatic rings. The molecular formula is C14H23NO3. The van der Waals surface area contributed by atoms with Gasteiger partial charge in [0.2, 0.25) is 5.91 Å². The van der Waals surface area contributed by atoms with E-state index in [1.165, 1.54) is 19.3 Å². The fraction of sp³-hybridized carbons (Fsp3) is 0.857. The molecule has 0 aromatic heterocycles. The van der Waals surface area contributed by atoms with E-state index in [0.717, 1.165) is 25.7 Å². The van der Waals surface area contributed by atoms with E-state index in [-0.39, 0.29) is 5.91 Å². The highest BCUT2D eigenvalue weighted by Gasteiger charge is 2.30. The number of nitrogens with one attached hydrogen (secondary N) is 1. The number of carbonyl (C=O) groups excluding carboxylic acids is 1. The Bertz CT molecular complexity index is 306. The van der Waals surface area contributed by atoms with Crippen LogP contribution in [0.25, 0.3) is 0 Å². The van der Waals surface area contributed by atoms with Crippen LogP contribution in [0.4, 0.5) is 0 Å². The number of hydrogen-bond donors (Lipinski definition) is 2. The smallest absolute Gasteiger partial charge is 0.326 e. The van der Waals surface area contributed by atoms with Crippen molar-refractivity contribution in [3.8, 4) is 0 Å². The first-order valence-corrected chi connectivity index (χ1v) is 7.17. The van der Waals surface area contributed by atoms with Gasteiger partial charge in [-0.05, 0) is 31.1 Å². The minimum absolute atomic E-state index is 0.0741. The molecule has 4 nitrogen and oxygen atoms in total. The standard InChI is InChI=1S/C14H23NO3/c16-13(9-10-4-2-1-3-5-10)15-12(14(17)18)8-11-6-7-11/h10-12H,1-9H2,(H,15,16)(H,17,18). The van der Waals surface area contributed by atoms with Gasteiger partial charge in [0, 0.05) is 6.42 Å². The number of aliphatic carboxylic acids is 1. The van der Waals surface area contributed by atoms with Gasteiger partial charge < -0.3 is 10.4 Å². The van der Waals surface area contributed by atoms with Gasteiger partial charge in [0.05, 0.1) is 0 Å². The lowest BCUT2D eigenvalue weighted by Gasteiger charge is -2.22. The highest BCUT2D eigenvalue weighted by atomic mass is 16.4. The van der Waals surface area contributed by atoms with E-state index in [9.17, 15) is 9.59 Å². The SMILES string of the molecule is O=C(CC1CCCCC1)NC(CC1CC1)C(=O)O. The van der Waals surface area contributed by atoms with E-state index < -0.39 is 12.0 Å². The number of carbonyl (C=O) groups is 2. The van der Waals surface area contributed by atoms with Crippen molar-refractivity contribution in [1.29, 1.82) is 0 Å². The van der Waals surface area contributed by atoms with Gasteiger partial charge in [-0.15, -0.1) is 0 Å². The average Bonchev–Trinajstić information content (AvgIpc) is 3.13. The molecule has 0 aromatic rings. The summed E-state index contributed by atoms with van der Waals surface area (Å²) >= 11 is 0. The van der Waals surface area contributed by atoms with Gasteiger partial charge in [-0.25, -0.2) is 4.79 Å². The number of amides is 1. The molecule has 2 fully saturated rings. The summed E-state index contributed by atoms with van der Waals surface area (Å²) in [6, 6.07) is -0.673. The summed E-state index contributed by atoms with van der Waals surface area (Å²) in [6.45, 7) is 0. The van der Waals surface area contributed by atoms with E-state index in [1.807, 2.05) is 0 Å².